The average molecular weight is 320 g/mol. The quantitative estimate of drug-likeness (QED) is 0.452. The first-order valence-corrected chi connectivity index (χ1v) is 7.98. The van der Waals surface area contributed by atoms with Gasteiger partial charge in [0, 0.05) is 0 Å². The minimum atomic E-state index is -0.149. The summed E-state index contributed by atoms with van der Waals surface area (Å²) >= 11 is 5.54. The molecule has 0 nitrogen and oxygen atoms in total. The van der Waals surface area contributed by atoms with Gasteiger partial charge in [0.1, 0.15) is 5.82 Å². The second-order valence-corrected chi connectivity index (χ2v) is 6.06. The monoisotopic (exact) mass is 320 g/mol. The van der Waals surface area contributed by atoms with Crippen molar-refractivity contribution in [1.29, 1.82) is 0 Å². The summed E-state index contributed by atoms with van der Waals surface area (Å²) in [5, 5.41) is 0. The fraction of sp³-hybridized carbons (Fsp3) is 0.0952. The summed E-state index contributed by atoms with van der Waals surface area (Å²) in [5.41, 5.74) is 4.89. The number of aryl methyl sites for hydroxylation is 1. The van der Waals surface area contributed by atoms with E-state index in [9.17, 15) is 4.39 Å². The molecule has 0 saturated heterocycles. The smallest absolute Gasteiger partial charge is 0.126 e. The number of halogens is 1. The maximum atomic E-state index is 13.6. The Bertz CT molecular complexity index is 820. The predicted octanol–water partition coefficient (Wildman–Crippen LogP) is 5.49. The largest absolute Gasteiger partial charge is 0.207 e. The fourth-order valence-electron chi connectivity index (χ4n) is 2.51. The van der Waals surface area contributed by atoms with Crippen LogP contribution >= 0.6 is 12.2 Å². The highest BCUT2D eigenvalue weighted by atomic mass is 32.1. The SMILES string of the molecule is Cc1ccc(Cc2ccc(C(=S)c3ccccc3)cc2)cc1F. The van der Waals surface area contributed by atoms with Crippen molar-refractivity contribution in [3.63, 3.8) is 0 Å². The van der Waals surface area contributed by atoms with Gasteiger partial charge in [-0.2, -0.15) is 0 Å². The van der Waals surface area contributed by atoms with Crippen LogP contribution in [0.1, 0.15) is 27.8 Å². The number of thiocarbonyl (C=S) groups is 1. The Hall–Kier alpha value is -2.32. The Balaban J connectivity index is 1.77. The molecule has 3 aromatic carbocycles. The van der Waals surface area contributed by atoms with Crippen molar-refractivity contribution in [1.82, 2.24) is 0 Å². The lowest BCUT2D eigenvalue weighted by Gasteiger charge is -2.07. The van der Waals surface area contributed by atoms with Gasteiger partial charge in [-0.25, -0.2) is 4.39 Å². The van der Waals surface area contributed by atoms with Crippen LogP contribution in [0.3, 0.4) is 0 Å². The molecular weight excluding hydrogens is 303 g/mol. The lowest BCUT2D eigenvalue weighted by Crippen LogP contribution is -1.99. The summed E-state index contributed by atoms with van der Waals surface area (Å²) in [7, 11) is 0. The molecule has 0 fully saturated rings. The number of rotatable bonds is 4. The van der Waals surface area contributed by atoms with E-state index in [-0.39, 0.29) is 5.82 Å². The van der Waals surface area contributed by atoms with E-state index in [2.05, 4.69) is 12.1 Å². The van der Waals surface area contributed by atoms with E-state index < -0.39 is 0 Å². The van der Waals surface area contributed by atoms with E-state index >= 15 is 0 Å². The molecule has 3 aromatic rings. The summed E-state index contributed by atoms with van der Waals surface area (Å²) < 4.78 is 13.6. The average Bonchev–Trinajstić information content (AvgIpc) is 2.59. The predicted molar refractivity (Wildman–Crippen MR) is 97.6 cm³/mol. The summed E-state index contributed by atoms with van der Waals surface area (Å²) in [4.78, 5) is 0.846. The maximum absolute atomic E-state index is 13.6. The molecule has 0 aliphatic heterocycles. The molecule has 23 heavy (non-hydrogen) atoms. The molecule has 3 rings (SSSR count). The van der Waals surface area contributed by atoms with E-state index in [0.717, 1.165) is 33.5 Å². The minimum absolute atomic E-state index is 0.149. The molecule has 0 bridgehead atoms. The van der Waals surface area contributed by atoms with Crippen molar-refractivity contribution in [2.75, 3.05) is 0 Å². The fourth-order valence-corrected chi connectivity index (χ4v) is 2.78. The standard InChI is InChI=1S/C21H17FS/c1-15-7-8-17(14-20(15)22)13-16-9-11-19(12-10-16)21(23)18-5-3-2-4-6-18/h2-12,14H,13H2,1H3. The molecular formula is C21H17FS. The Kier molecular flexibility index (Phi) is 4.63. The highest BCUT2D eigenvalue weighted by Gasteiger charge is 2.05. The van der Waals surface area contributed by atoms with E-state index in [4.69, 9.17) is 12.2 Å². The van der Waals surface area contributed by atoms with Crippen LogP contribution in [-0.2, 0) is 6.42 Å². The van der Waals surface area contributed by atoms with Gasteiger partial charge in [0.15, 0.2) is 0 Å². The number of benzene rings is 3. The third-order valence-electron chi connectivity index (χ3n) is 3.90. The van der Waals surface area contributed by atoms with Crippen LogP contribution < -0.4 is 0 Å². The summed E-state index contributed by atoms with van der Waals surface area (Å²) in [6, 6.07) is 23.6. The molecule has 114 valence electrons. The van der Waals surface area contributed by atoms with Gasteiger partial charge in [0.05, 0.1) is 4.86 Å². The van der Waals surface area contributed by atoms with Crippen molar-refractivity contribution in [2.45, 2.75) is 13.3 Å². The van der Waals surface area contributed by atoms with Crippen LogP contribution in [0, 0.1) is 12.7 Å². The van der Waals surface area contributed by atoms with E-state index in [1.807, 2.05) is 54.6 Å². The molecule has 0 saturated carbocycles. The van der Waals surface area contributed by atoms with Crippen molar-refractivity contribution in [2.24, 2.45) is 0 Å². The summed E-state index contributed by atoms with van der Waals surface area (Å²) in [6.07, 6.45) is 0.718. The lowest BCUT2D eigenvalue weighted by atomic mass is 9.99. The Labute approximate surface area is 141 Å². The van der Waals surface area contributed by atoms with Crippen molar-refractivity contribution in [3.8, 4) is 0 Å². The Morgan fingerprint density at radius 1 is 0.826 bits per heavy atom. The molecule has 0 N–H and O–H groups in total. The highest BCUT2D eigenvalue weighted by Crippen LogP contribution is 2.16. The first-order valence-electron chi connectivity index (χ1n) is 7.57. The van der Waals surface area contributed by atoms with E-state index in [1.165, 1.54) is 0 Å². The van der Waals surface area contributed by atoms with Gasteiger partial charge in [-0.05, 0) is 47.2 Å². The Morgan fingerprint density at radius 2 is 1.43 bits per heavy atom. The molecule has 0 aromatic heterocycles. The van der Waals surface area contributed by atoms with Crippen molar-refractivity contribution < 1.29 is 4.39 Å². The third kappa shape index (κ3) is 3.72. The zero-order chi connectivity index (χ0) is 16.2. The minimum Gasteiger partial charge on any atom is -0.207 e. The van der Waals surface area contributed by atoms with Crippen LogP contribution in [0.5, 0.6) is 0 Å². The Morgan fingerprint density at radius 3 is 2.09 bits per heavy atom. The molecule has 2 heteroatoms. The molecule has 0 atom stereocenters. The summed E-state index contributed by atoms with van der Waals surface area (Å²) in [5.74, 6) is -0.149. The molecule has 0 amide bonds. The molecule has 0 unspecified atom stereocenters. The summed E-state index contributed by atoms with van der Waals surface area (Å²) in [6.45, 7) is 1.78. The van der Waals surface area contributed by atoms with Gasteiger partial charge in [0.2, 0.25) is 0 Å². The van der Waals surface area contributed by atoms with Gasteiger partial charge < -0.3 is 0 Å². The first-order chi connectivity index (χ1) is 11.1. The van der Waals surface area contributed by atoms with Gasteiger partial charge in [-0.1, -0.05) is 78.9 Å². The normalized spacial score (nSPS) is 10.5. The molecule has 0 aliphatic carbocycles. The van der Waals surface area contributed by atoms with Crippen molar-refractivity contribution in [3.05, 3.63) is 106 Å². The third-order valence-corrected chi connectivity index (χ3v) is 4.37. The first kappa shape index (κ1) is 15.6. The van der Waals surface area contributed by atoms with Crippen molar-refractivity contribution >= 4 is 17.1 Å². The van der Waals surface area contributed by atoms with Gasteiger partial charge in [0.25, 0.3) is 0 Å². The number of hydrogen-bond donors (Lipinski definition) is 0. The lowest BCUT2D eigenvalue weighted by molar-refractivity contribution is 0.616. The zero-order valence-electron chi connectivity index (χ0n) is 12.9. The number of hydrogen-bond acceptors (Lipinski definition) is 1. The van der Waals surface area contributed by atoms with Gasteiger partial charge >= 0.3 is 0 Å². The topological polar surface area (TPSA) is 0 Å². The molecule has 0 spiro atoms. The van der Waals surface area contributed by atoms with Gasteiger partial charge in [-0.15, -0.1) is 0 Å². The van der Waals surface area contributed by atoms with E-state index in [0.29, 0.717) is 5.56 Å². The highest BCUT2D eigenvalue weighted by molar-refractivity contribution is 7.81. The molecule has 0 radical (unpaired) electrons. The van der Waals surface area contributed by atoms with Gasteiger partial charge in [-0.3, -0.25) is 0 Å². The van der Waals surface area contributed by atoms with Crippen LogP contribution in [0.25, 0.3) is 0 Å². The van der Waals surface area contributed by atoms with Crippen LogP contribution in [0.15, 0.2) is 72.8 Å². The zero-order valence-corrected chi connectivity index (χ0v) is 13.7. The van der Waals surface area contributed by atoms with Crippen LogP contribution in [0.2, 0.25) is 0 Å². The molecule has 0 heterocycles. The van der Waals surface area contributed by atoms with Crippen LogP contribution in [0.4, 0.5) is 4.39 Å². The second-order valence-electron chi connectivity index (χ2n) is 5.65. The van der Waals surface area contributed by atoms with Crippen LogP contribution in [-0.4, -0.2) is 4.86 Å². The second kappa shape index (κ2) is 6.84. The maximum Gasteiger partial charge on any atom is 0.126 e. The van der Waals surface area contributed by atoms with E-state index in [1.54, 1.807) is 13.0 Å². The molecule has 0 aliphatic rings.